The summed E-state index contributed by atoms with van der Waals surface area (Å²) in [5, 5.41) is 40.8. The van der Waals surface area contributed by atoms with Gasteiger partial charge in [0.05, 0.1) is 24.6 Å². The molecule has 150 valence electrons. The van der Waals surface area contributed by atoms with Crippen LogP contribution in [0.5, 0.6) is 0 Å². The maximum absolute atomic E-state index is 10.8. The van der Waals surface area contributed by atoms with Gasteiger partial charge in [0.25, 0.3) is 0 Å². The number of ether oxygens (including phenoxy) is 1. The molecule has 2 aliphatic rings. The van der Waals surface area contributed by atoms with E-state index in [0.29, 0.717) is 11.4 Å². The second kappa shape index (κ2) is 7.61. The van der Waals surface area contributed by atoms with Crippen LogP contribution in [0, 0.1) is 6.92 Å². The van der Waals surface area contributed by atoms with Gasteiger partial charge in [0, 0.05) is 10.6 Å². The zero-order valence-corrected chi connectivity index (χ0v) is 17.0. The average Bonchev–Trinajstić information content (AvgIpc) is 3.03. The van der Waals surface area contributed by atoms with Gasteiger partial charge in [-0.05, 0) is 42.2 Å². The highest BCUT2D eigenvalue weighted by Crippen LogP contribution is 2.54. The molecule has 0 radical (unpaired) electrons. The molecular weight excluding hydrogens is 400 g/mol. The number of aliphatic hydroxyl groups is 4. The molecule has 4 N–H and O–H groups in total. The number of rotatable bonds is 3. The number of fused-ring (bicyclic) bond motifs is 2. The maximum Gasteiger partial charge on any atom is 0.168 e. The second-order valence-electron chi connectivity index (χ2n) is 7.48. The Morgan fingerprint density at radius 1 is 1.14 bits per heavy atom. The Kier molecular flexibility index (Phi) is 5.48. The van der Waals surface area contributed by atoms with Crippen molar-refractivity contribution in [1.29, 1.82) is 0 Å². The van der Waals surface area contributed by atoms with Crippen molar-refractivity contribution in [1.82, 2.24) is 0 Å². The molecule has 0 aromatic heterocycles. The van der Waals surface area contributed by atoms with Crippen LogP contribution in [0.25, 0.3) is 0 Å². The smallest absolute Gasteiger partial charge is 0.168 e. The monoisotopic (exact) mass is 422 g/mol. The van der Waals surface area contributed by atoms with Gasteiger partial charge in [0.2, 0.25) is 0 Å². The Labute approximate surface area is 172 Å². The van der Waals surface area contributed by atoms with E-state index in [1.807, 2.05) is 31.2 Å². The molecule has 2 aliphatic heterocycles. The third-order valence-corrected chi connectivity index (χ3v) is 7.57. The van der Waals surface area contributed by atoms with Crippen molar-refractivity contribution < 1.29 is 25.2 Å². The lowest BCUT2D eigenvalue weighted by molar-refractivity contribution is -0.147. The van der Waals surface area contributed by atoms with Crippen molar-refractivity contribution in [3.63, 3.8) is 0 Å². The SMILES string of the molecule is Cc1ccc(Cc2cc3c(cc2Cl)CO[C@]32S[C@H](CO)[C@@H](O)[C@H](O)[C@H]2O)cc1. The Bertz CT molecular complexity index is 872. The lowest BCUT2D eigenvalue weighted by atomic mass is 9.91. The van der Waals surface area contributed by atoms with E-state index in [1.54, 1.807) is 0 Å². The Hall–Kier alpha value is -1.12. The first-order valence-electron chi connectivity index (χ1n) is 9.20. The standard InChI is InChI=1S/C21H23ClO5S/c1-11-2-4-12(5-3-11)6-13-7-15-14(8-16(13)22)10-27-21(15)20(26)19(25)18(24)17(9-23)28-21/h2-5,7-8,17-20,23-26H,6,9-10H2,1H3/t17-,18-,19+,20-,21+/m1/s1. The number of thioether (sulfide) groups is 1. The van der Waals surface area contributed by atoms with Gasteiger partial charge in [-0.15, -0.1) is 11.8 Å². The molecule has 0 bridgehead atoms. The first kappa shape index (κ1) is 20.2. The van der Waals surface area contributed by atoms with E-state index in [9.17, 15) is 20.4 Å². The molecule has 5 atom stereocenters. The number of halogens is 1. The molecule has 2 aromatic rings. The van der Waals surface area contributed by atoms with Gasteiger partial charge >= 0.3 is 0 Å². The number of hydrogen-bond donors (Lipinski definition) is 4. The Balaban J connectivity index is 1.73. The fourth-order valence-corrected chi connectivity index (χ4v) is 5.71. The molecule has 5 nitrogen and oxygen atoms in total. The van der Waals surface area contributed by atoms with Gasteiger partial charge in [-0.2, -0.15) is 0 Å². The molecule has 0 amide bonds. The summed E-state index contributed by atoms with van der Waals surface area (Å²) in [4.78, 5) is -1.24. The summed E-state index contributed by atoms with van der Waals surface area (Å²) >= 11 is 7.66. The van der Waals surface area contributed by atoms with E-state index in [1.165, 1.54) is 5.56 Å². The van der Waals surface area contributed by atoms with Gasteiger partial charge in [-0.1, -0.05) is 41.4 Å². The minimum absolute atomic E-state index is 0.241. The highest BCUT2D eigenvalue weighted by molar-refractivity contribution is 8.00. The molecule has 7 heteroatoms. The summed E-state index contributed by atoms with van der Waals surface area (Å²) in [5.41, 5.74) is 4.76. The third-order valence-electron chi connectivity index (χ3n) is 5.56. The topological polar surface area (TPSA) is 90.2 Å². The number of hydrogen-bond acceptors (Lipinski definition) is 6. The van der Waals surface area contributed by atoms with E-state index in [2.05, 4.69) is 12.1 Å². The number of benzene rings is 2. The first-order chi connectivity index (χ1) is 13.4. The van der Waals surface area contributed by atoms with E-state index in [0.717, 1.165) is 34.0 Å². The first-order valence-corrected chi connectivity index (χ1v) is 10.5. The summed E-state index contributed by atoms with van der Waals surface area (Å²) in [6, 6.07) is 12.0. The van der Waals surface area contributed by atoms with Crippen LogP contribution in [0.3, 0.4) is 0 Å². The van der Waals surface area contributed by atoms with E-state index in [-0.39, 0.29) is 13.2 Å². The molecule has 2 aromatic carbocycles. The lowest BCUT2D eigenvalue weighted by Gasteiger charge is -2.45. The quantitative estimate of drug-likeness (QED) is 0.605. The highest BCUT2D eigenvalue weighted by Gasteiger charge is 2.57. The largest absolute Gasteiger partial charge is 0.395 e. The van der Waals surface area contributed by atoms with Gasteiger partial charge in [-0.3, -0.25) is 0 Å². The average molecular weight is 423 g/mol. The van der Waals surface area contributed by atoms with Crippen LogP contribution in [-0.4, -0.2) is 50.6 Å². The van der Waals surface area contributed by atoms with Crippen LogP contribution in [0.2, 0.25) is 5.02 Å². The van der Waals surface area contributed by atoms with Crippen molar-refractivity contribution in [2.75, 3.05) is 6.61 Å². The van der Waals surface area contributed by atoms with Crippen LogP contribution in [0.15, 0.2) is 36.4 Å². The summed E-state index contributed by atoms with van der Waals surface area (Å²) in [6.45, 7) is 1.94. The van der Waals surface area contributed by atoms with Crippen molar-refractivity contribution in [2.45, 2.75) is 48.4 Å². The molecule has 2 heterocycles. The number of aliphatic hydroxyl groups excluding tert-OH is 4. The minimum atomic E-state index is -1.42. The summed E-state index contributed by atoms with van der Waals surface area (Å²) in [5.74, 6) is 0. The van der Waals surface area contributed by atoms with Crippen molar-refractivity contribution >= 4 is 23.4 Å². The van der Waals surface area contributed by atoms with E-state index in [4.69, 9.17) is 16.3 Å². The molecule has 1 saturated heterocycles. The highest BCUT2D eigenvalue weighted by atomic mass is 35.5. The predicted molar refractivity (Wildman–Crippen MR) is 108 cm³/mol. The number of aryl methyl sites for hydroxylation is 1. The Morgan fingerprint density at radius 2 is 1.86 bits per heavy atom. The van der Waals surface area contributed by atoms with Crippen LogP contribution >= 0.6 is 23.4 Å². The molecular formula is C21H23ClO5S. The summed E-state index contributed by atoms with van der Waals surface area (Å²) < 4.78 is 5.96. The predicted octanol–water partition coefficient (Wildman–Crippen LogP) is 2.11. The summed E-state index contributed by atoms with van der Waals surface area (Å²) in [7, 11) is 0. The van der Waals surface area contributed by atoms with Crippen molar-refractivity contribution in [3.8, 4) is 0 Å². The normalized spacial score (nSPS) is 31.9. The van der Waals surface area contributed by atoms with Gasteiger partial charge in [0.15, 0.2) is 4.93 Å². The molecule has 0 aliphatic carbocycles. The van der Waals surface area contributed by atoms with Crippen molar-refractivity contribution in [3.05, 3.63) is 69.2 Å². The molecule has 0 saturated carbocycles. The zero-order chi connectivity index (χ0) is 20.1. The van der Waals surface area contributed by atoms with E-state index < -0.39 is 28.5 Å². The van der Waals surface area contributed by atoms with Crippen LogP contribution in [0.4, 0.5) is 0 Å². The molecule has 4 rings (SSSR count). The van der Waals surface area contributed by atoms with Crippen molar-refractivity contribution in [2.24, 2.45) is 0 Å². The van der Waals surface area contributed by atoms with Gasteiger partial charge in [0.1, 0.15) is 12.2 Å². The molecule has 1 fully saturated rings. The summed E-state index contributed by atoms with van der Waals surface area (Å²) in [6.07, 6.45) is -3.36. The second-order valence-corrected chi connectivity index (χ2v) is 9.34. The fraction of sp³-hybridized carbons (Fsp3) is 0.429. The zero-order valence-electron chi connectivity index (χ0n) is 15.4. The maximum atomic E-state index is 10.8. The molecule has 28 heavy (non-hydrogen) atoms. The fourth-order valence-electron chi connectivity index (χ4n) is 3.91. The van der Waals surface area contributed by atoms with Crippen LogP contribution in [0.1, 0.15) is 27.8 Å². The Morgan fingerprint density at radius 3 is 2.54 bits per heavy atom. The van der Waals surface area contributed by atoms with Gasteiger partial charge in [-0.25, -0.2) is 0 Å². The molecule has 0 unspecified atom stereocenters. The van der Waals surface area contributed by atoms with Crippen LogP contribution in [-0.2, 0) is 22.7 Å². The molecule has 1 spiro atoms. The lowest BCUT2D eigenvalue weighted by Crippen LogP contribution is -2.58. The minimum Gasteiger partial charge on any atom is -0.395 e. The van der Waals surface area contributed by atoms with E-state index >= 15 is 0 Å². The van der Waals surface area contributed by atoms with Gasteiger partial charge < -0.3 is 25.2 Å². The third kappa shape index (κ3) is 3.27. The van der Waals surface area contributed by atoms with Crippen LogP contribution < -0.4 is 0 Å².